The molecule has 0 saturated heterocycles. The molecule has 0 N–H and O–H groups in total. The van der Waals surface area contributed by atoms with Crippen molar-refractivity contribution in [3.63, 3.8) is 0 Å². The van der Waals surface area contributed by atoms with Crippen LogP contribution in [0.1, 0.15) is 60.3 Å². The molecule has 0 aromatic rings. The van der Waals surface area contributed by atoms with Crippen LogP contribution in [0, 0.1) is 35.0 Å². The largest absolute Gasteiger partial charge is 0.459 e. The second-order valence-corrected chi connectivity index (χ2v) is 6.85. The molecule has 0 bridgehead atoms. The third-order valence-corrected chi connectivity index (χ3v) is 4.84. The van der Waals surface area contributed by atoms with Gasteiger partial charge in [0.25, 0.3) is 0 Å². The van der Waals surface area contributed by atoms with Crippen molar-refractivity contribution in [3.05, 3.63) is 0 Å². The molecule has 21 heavy (non-hydrogen) atoms. The van der Waals surface area contributed by atoms with E-state index in [2.05, 4.69) is 19.9 Å². The topological polar surface area (TPSA) is 67.2 Å². The molecule has 0 heterocycles. The van der Waals surface area contributed by atoms with E-state index >= 15 is 0 Å². The maximum Gasteiger partial charge on any atom is 0.303 e. The quantitative estimate of drug-likeness (QED) is 0.728. The van der Waals surface area contributed by atoms with E-state index in [0.717, 1.165) is 12.8 Å². The Morgan fingerprint density at radius 2 is 2.00 bits per heavy atom. The van der Waals surface area contributed by atoms with Crippen LogP contribution in [0.3, 0.4) is 0 Å². The fourth-order valence-electron chi connectivity index (χ4n) is 3.73. The molecular weight excluding hydrogens is 266 g/mol. The Bertz CT molecular complexity index is 438. The van der Waals surface area contributed by atoms with Gasteiger partial charge in [-0.3, -0.25) is 4.79 Å². The first-order valence-electron chi connectivity index (χ1n) is 7.80. The average molecular weight is 293 g/mol. The van der Waals surface area contributed by atoms with Crippen LogP contribution in [-0.2, 0) is 14.3 Å². The van der Waals surface area contributed by atoms with Gasteiger partial charge in [-0.05, 0) is 44.9 Å². The Labute approximate surface area is 127 Å². The highest BCUT2D eigenvalue weighted by Gasteiger charge is 2.49. The third kappa shape index (κ3) is 4.30. The van der Waals surface area contributed by atoms with Crippen LogP contribution in [0.5, 0.6) is 0 Å². The molecule has 118 valence electrons. The molecule has 1 aliphatic rings. The molecule has 1 saturated carbocycles. The van der Waals surface area contributed by atoms with Gasteiger partial charge in [-0.1, -0.05) is 13.8 Å². The molecule has 0 unspecified atom stereocenters. The first-order chi connectivity index (χ1) is 9.71. The van der Waals surface area contributed by atoms with Gasteiger partial charge in [0.05, 0.1) is 12.0 Å². The number of hydrogen-bond donors (Lipinski definition) is 0. The normalized spacial score (nSPS) is 32.5. The highest BCUT2D eigenvalue weighted by Crippen LogP contribution is 2.47. The van der Waals surface area contributed by atoms with Gasteiger partial charge in [-0.2, -0.15) is 5.26 Å². The van der Waals surface area contributed by atoms with Gasteiger partial charge in [0.1, 0.15) is 11.4 Å². The number of carbonyl (C=O) groups excluding carboxylic acids is 2. The monoisotopic (exact) mass is 293 g/mol. The summed E-state index contributed by atoms with van der Waals surface area (Å²) in [6.45, 7) is 9.15. The van der Waals surface area contributed by atoms with Gasteiger partial charge >= 0.3 is 5.97 Å². The van der Waals surface area contributed by atoms with E-state index in [4.69, 9.17) is 4.74 Å². The second kappa shape index (κ2) is 7.06. The smallest absolute Gasteiger partial charge is 0.303 e. The van der Waals surface area contributed by atoms with Gasteiger partial charge in [-0.25, -0.2) is 0 Å². The lowest BCUT2D eigenvalue weighted by Crippen LogP contribution is -2.49. The van der Waals surface area contributed by atoms with Crippen LogP contribution in [0.25, 0.3) is 0 Å². The summed E-state index contributed by atoms with van der Waals surface area (Å²) < 4.78 is 5.58. The number of nitriles is 1. The van der Waals surface area contributed by atoms with Crippen LogP contribution in [0.15, 0.2) is 0 Å². The summed E-state index contributed by atoms with van der Waals surface area (Å²) >= 11 is 0. The lowest BCUT2D eigenvalue weighted by Gasteiger charge is -2.47. The number of carbonyl (C=O) groups is 2. The van der Waals surface area contributed by atoms with Gasteiger partial charge in [0, 0.05) is 19.3 Å². The summed E-state index contributed by atoms with van der Waals surface area (Å²) in [6, 6.07) is 2.43. The molecule has 4 nitrogen and oxygen atoms in total. The molecule has 4 heteroatoms. The fourth-order valence-corrected chi connectivity index (χ4v) is 3.73. The molecule has 1 fully saturated rings. The molecule has 0 aromatic carbocycles. The minimum atomic E-state index is -0.632. The summed E-state index contributed by atoms with van der Waals surface area (Å²) in [5.74, 6) is 0.277. The fraction of sp³-hybridized carbons (Fsp3) is 0.824. The number of ketones is 1. The predicted molar refractivity (Wildman–Crippen MR) is 80.2 cm³/mol. The summed E-state index contributed by atoms with van der Waals surface area (Å²) in [6.07, 6.45) is 2.69. The molecule has 0 spiro atoms. The number of Topliss-reactive ketones (excluding diaryl/α,β-unsaturated/α-hetero) is 1. The van der Waals surface area contributed by atoms with E-state index in [9.17, 15) is 14.9 Å². The summed E-state index contributed by atoms with van der Waals surface area (Å²) in [5.41, 5.74) is -0.632. The van der Waals surface area contributed by atoms with Crippen LogP contribution in [0.4, 0.5) is 0 Å². The Balaban J connectivity index is 3.06. The molecule has 1 rings (SSSR count). The average Bonchev–Trinajstić information content (AvgIpc) is 2.34. The maximum absolute atomic E-state index is 11.4. The lowest BCUT2D eigenvalue weighted by atomic mass is 9.61. The van der Waals surface area contributed by atoms with E-state index in [1.54, 1.807) is 6.92 Å². The Morgan fingerprint density at radius 3 is 2.43 bits per heavy atom. The van der Waals surface area contributed by atoms with Gasteiger partial charge in [-0.15, -0.1) is 0 Å². The molecule has 0 aliphatic heterocycles. The Kier molecular flexibility index (Phi) is 5.95. The van der Waals surface area contributed by atoms with E-state index in [1.165, 1.54) is 6.92 Å². The Morgan fingerprint density at radius 1 is 1.38 bits per heavy atom. The maximum atomic E-state index is 11.4. The first-order valence-corrected chi connectivity index (χ1v) is 7.80. The number of nitrogens with zero attached hydrogens (tertiary/aromatic N) is 1. The van der Waals surface area contributed by atoms with Crippen molar-refractivity contribution in [3.8, 4) is 6.07 Å². The van der Waals surface area contributed by atoms with Crippen molar-refractivity contribution >= 4 is 11.8 Å². The first kappa shape index (κ1) is 17.7. The van der Waals surface area contributed by atoms with Crippen molar-refractivity contribution < 1.29 is 14.3 Å². The highest BCUT2D eigenvalue weighted by atomic mass is 16.6. The Hall–Kier alpha value is -1.37. The summed E-state index contributed by atoms with van der Waals surface area (Å²) in [7, 11) is 0. The molecular formula is C17H27NO3. The van der Waals surface area contributed by atoms with Crippen molar-refractivity contribution in [2.45, 2.75) is 65.9 Å². The zero-order valence-corrected chi connectivity index (χ0v) is 13.8. The highest BCUT2D eigenvalue weighted by molar-refractivity contribution is 5.75. The molecule has 0 amide bonds. The van der Waals surface area contributed by atoms with E-state index in [-0.39, 0.29) is 23.6 Å². The third-order valence-electron chi connectivity index (χ3n) is 4.84. The zero-order chi connectivity index (χ0) is 16.2. The standard InChI is InChI=1S/C17H27NO3/c1-11(2)14-8-9-17(5,21-13(4)20)16(15(14)10-18)7-6-12(3)19/h11,14-16H,6-9H2,1-5H3/t14-,15+,16-,17-/m0/s1. The van der Waals surface area contributed by atoms with Crippen molar-refractivity contribution in [1.29, 1.82) is 5.26 Å². The molecule has 1 aliphatic carbocycles. The van der Waals surface area contributed by atoms with Crippen molar-refractivity contribution in [2.24, 2.45) is 23.7 Å². The number of hydrogen-bond acceptors (Lipinski definition) is 4. The zero-order valence-electron chi connectivity index (χ0n) is 13.8. The SMILES string of the molecule is CC(=O)CC[C@H]1[C@H](C#N)[C@H](C(C)C)CC[C@]1(C)OC(C)=O. The predicted octanol–water partition coefficient (Wildman–Crippen LogP) is 3.50. The van der Waals surface area contributed by atoms with Crippen LogP contribution in [0.2, 0.25) is 0 Å². The van der Waals surface area contributed by atoms with Crippen molar-refractivity contribution in [2.75, 3.05) is 0 Å². The van der Waals surface area contributed by atoms with Crippen LogP contribution >= 0.6 is 0 Å². The minimum absolute atomic E-state index is 0.0727. The van der Waals surface area contributed by atoms with E-state index < -0.39 is 5.60 Å². The lowest BCUT2D eigenvalue weighted by molar-refractivity contribution is -0.171. The number of ether oxygens (including phenoxy) is 1. The summed E-state index contributed by atoms with van der Waals surface area (Å²) in [5, 5.41) is 9.64. The van der Waals surface area contributed by atoms with Gasteiger partial charge in [0.2, 0.25) is 0 Å². The van der Waals surface area contributed by atoms with E-state index in [0.29, 0.717) is 24.7 Å². The van der Waals surface area contributed by atoms with E-state index in [1.807, 2.05) is 6.92 Å². The number of rotatable bonds is 5. The van der Waals surface area contributed by atoms with Gasteiger partial charge < -0.3 is 9.53 Å². The van der Waals surface area contributed by atoms with Crippen LogP contribution in [-0.4, -0.2) is 17.4 Å². The second-order valence-electron chi connectivity index (χ2n) is 6.85. The minimum Gasteiger partial charge on any atom is -0.459 e. The van der Waals surface area contributed by atoms with Crippen molar-refractivity contribution in [1.82, 2.24) is 0 Å². The molecule has 4 atom stereocenters. The summed E-state index contributed by atoms with van der Waals surface area (Å²) in [4.78, 5) is 22.8. The molecule has 0 aromatic heterocycles. The van der Waals surface area contributed by atoms with Crippen LogP contribution < -0.4 is 0 Å². The number of esters is 1. The molecule has 0 radical (unpaired) electrons. The van der Waals surface area contributed by atoms with Gasteiger partial charge in [0.15, 0.2) is 0 Å².